The molecular formula is C24H23N3O5. The Kier molecular flexibility index (Phi) is 5.85. The molecule has 0 bridgehead atoms. The molecule has 3 aromatic carbocycles. The van der Waals surface area contributed by atoms with Gasteiger partial charge in [-0.2, -0.15) is 0 Å². The molecule has 8 heteroatoms. The van der Waals surface area contributed by atoms with Crippen molar-refractivity contribution in [1.82, 2.24) is 4.98 Å². The summed E-state index contributed by atoms with van der Waals surface area (Å²) in [5.74, 6) is 2.07. The number of carbonyl (C=O) groups excluding carboxylic acids is 1. The van der Waals surface area contributed by atoms with Gasteiger partial charge in [0, 0.05) is 29.4 Å². The largest absolute Gasteiger partial charge is 0.497 e. The number of anilines is 2. The average Bonchev–Trinajstić information content (AvgIpc) is 3.21. The van der Waals surface area contributed by atoms with Crippen LogP contribution in [0.25, 0.3) is 22.6 Å². The van der Waals surface area contributed by atoms with Gasteiger partial charge >= 0.3 is 6.03 Å². The van der Waals surface area contributed by atoms with Gasteiger partial charge in [-0.3, -0.25) is 0 Å². The number of ether oxygens (including phenoxy) is 3. The molecule has 4 rings (SSSR count). The van der Waals surface area contributed by atoms with Crippen LogP contribution < -0.4 is 24.8 Å². The van der Waals surface area contributed by atoms with Crippen molar-refractivity contribution in [3.63, 3.8) is 0 Å². The normalized spacial score (nSPS) is 10.6. The van der Waals surface area contributed by atoms with Crippen molar-refractivity contribution in [3.05, 3.63) is 60.2 Å². The summed E-state index contributed by atoms with van der Waals surface area (Å²) < 4.78 is 21.8. The van der Waals surface area contributed by atoms with Crippen molar-refractivity contribution in [2.75, 3.05) is 32.0 Å². The first-order valence-corrected chi connectivity index (χ1v) is 9.85. The Morgan fingerprint density at radius 2 is 1.62 bits per heavy atom. The molecule has 0 atom stereocenters. The molecule has 0 aliphatic heterocycles. The topological polar surface area (TPSA) is 94.9 Å². The Hall–Kier alpha value is -4.20. The van der Waals surface area contributed by atoms with E-state index in [0.717, 1.165) is 11.1 Å². The number of nitrogens with one attached hydrogen (secondary N) is 2. The maximum Gasteiger partial charge on any atom is 0.323 e. The highest BCUT2D eigenvalue weighted by Gasteiger charge is 2.14. The van der Waals surface area contributed by atoms with Crippen LogP contribution in [0.15, 0.2) is 59.0 Å². The molecule has 0 radical (unpaired) electrons. The first kappa shape index (κ1) is 21.0. The first-order valence-electron chi connectivity index (χ1n) is 9.85. The summed E-state index contributed by atoms with van der Waals surface area (Å²) in [5.41, 5.74) is 4.26. The molecule has 2 N–H and O–H groups in total. The second-order valence-corrected chi connectivity index (χ2v) is 7.09. The van der Waals surface area contributed by atoms with Gasteiger partial charge < -0.3 is 29.3 Å². The van der Waals surface area contributed by atoms with Crippen molar-refractivity contribution in [2.24, 2.45) is 0 Å². The van der Waals surface area contributed by atoms with Crippen LogP contribution in [-0.4, -0.2) is 32.3 Å². The molecule has 0 unspecified atom stereocenters. The third-order valence-corrected chi connectivity index (χ3v) is 4.85. The maximum absolute atomic E-state index is 12.7. The summed E-state index contributed by atoms with van der Waals surface area (Å²) in [7, 11) is 4.62. The second kappa shape index (κ2) is 8.89. The fourth-order valence-electron chi connectivity index (χ4n) is 3.26. The summed E-state index contributed by atoms with van der Waals surface area (Å²) in [4.78, 5) is 17.2. The summed E-state index contributed by atoms with van der Waals surface area (Å²) in [6.07, 6.45) is 0. The standard InChI is InChI=1S/C24H23N3O5/c1-14-5-7-22-19(9-14)26-23(32-22)15-6-8-21(31-4)20(10-15)27-24(28)25-16-11-17(29-2)13-18(12-16)30-3/h5-13H,1-4H3,(H2,25,27,28). The molecule has 0 aliphatic rings. The van der Waals surface area contributed by atoms with Crippen molar-refractivity contribution in [3.8, 4) is 28.7 Å². The lowest BCUT2D eigenvalue weighted by Gasteiger charge is -2.13. The van der Waals surface area contributed by atoms with Gasteiger partial charge in [0.1, 0.15) is 22.8 Å². The Morgan fingerprint density at radius 1 is 0.875 bits per heavy atom. The predicted molar refractivity (Wildman–Crippen MR) is 123 cm³/mol. The number of hydrogen-bond acceptors (Lipinski definition) is 6. The minimum Gasteiger partial charge on any atom is -0.497 e. The smallest absolute Gasteiger partial charge is 0.323 e. The molecule has 0 spiro atoms. The number of methoxy groups -OCH3 is 3. The highest BCUT2D eigenvalue weighted by Crippen LogP contribution is 2.32. The zero-order valence-electron chi connectivity index (χ0n) is 18.2. The zero-order chi connectivity index (χ0) is 22.7. The number of aryl methyl sites for hydroxylation is 1. The Balaban J connectivity index is 1.59. The molecule has 2 amide bonds. The molecule has 32 heavy (non-hydrogen) atoms. The van der Waals surface area contributed by atoms with Crippen LogP contribution in [0.4, 0.5) is 16.2 Å². The van der Waals surface area contributed by atoms with E-state index in [1.807, 2.05) is 31.2 Å². The van der Waals surface area contributed by atoms with E-state index >= 15 is 0 Å². The van der Waals surface area contributed by atoms with Crippen LogP contribution in [0.2, 0.25) is 0 Å². The van der Waals surface area contributed by atoms with Crippen molar-refractivity contribution >= 4 is 28.5 Å². The number of amides is 2. The fourth-order valence-corrected chi connectivity index (χ4v) is 3.26. The van der Waals surface area contributed by atoms with E-state index < -0.39 is 6.03 Å². The van der Waals surface area contributed by atoms with Gasteiger partial charge in [-0.1, -0.05) is 6.07 Å². The van der Waals surface area contributed by atoms with Gasteiger partial charge in [0.05, 0.1) is 27.0 Å². The quantitative estimate of drug-likeness (QED) is 0.419. The molecule has 8 nitrogen and oxygen atoms in total. The van der Waals surface area contributed by atoms with E-state index in [2.05, 4.69) is 15.6 Å². The maximum atomic E-state index is 12.7. The number of oxazole rings is 1. The Labute approximate surface area is 185 Å². The van der Waals surface area contributed by atoms with E-state index in [-0.39, 0.29) is 0 Å². The third-order valence-electron chi connectivity index (χ3n) is 4.85. The summed E-state index contributed by atoms with van der Waals surface area (Å²) in [6.45, 7) is 2.00. The average molecular weight is 433 g/mol. The molecule has 0 saturated carbocycles. The third kappa shape index (κ3) is 4.44. The van der Waals surface area contributed by atoms with Crippen molar-refractivity contribution in [2.45, 2.75) is 6.92 Å². The minimum absolute atomic E-state index is 0.453. The van der Waals surface area contributed by atoms with Crippen LogP contribution in [0.5, 0.6) is 17.2 Å². The SMILES string of the molecule is COc1cc(NC(=O)Nc2cc(-c3nc4cc(C)ccc4o3)ccc2OC)cc(OC)c1. The van der Waals surface area contributed by atoms with Crippen molar-refractivity contribution < 1.29 is 23.4 Å². The van der Waals surface area contributed by atoms with Crippen LogP contribution in [0.1, 0.15) is 5.56 Å². The van der Waals surface area contributed by atoms with Crippen LogP contribution in [0, 0.1) is 6.92 Å². The lowest BCUT2D eigenvalue weighted by Crippen LogP contribution is -2.20. The number of rotatable bonds is 6. The number of fused-ring (bicyclic) bond motifs is 1. The minimum atomic E-state index is -0.455. The van der Waals surface area contributed by atoms with Crippen LogP contribution in [0.3, 0.4) is 0 Å². The van der Waals surface area contributed by atoms with E-state index in [0.29, 0.717) is 45.7 Å². The highest BCUT2D eigenvalue weighted by atomic mass is 16.5. The van der Waals surface area contributed by atoms with Gasteiger partial charge in [-0.15, -0.1) is 0 Å². The molecule has 1 heterocycles. The van der Waals surface area contributed by atoms with Crippen LogP contribution >= 0.6 is 0 Å². The lowest BCUT2D eigenvalue weighted by molar-refractivity contribution is 0.262. The number of urea groups is 1. The van der Waals surface area contributed by atoms with Crippen LogP contribution in [-0.2, 0) is 0 Å². The molecule has 0 fully saturated rings. The Morgan fingerprint density at radius 3 is 2.31 bits per heavy atom. The molecule has 0 saturated heterocycles. The van der Waals surface area contributed by atoms with E-state index in [4.69, 9.17) is 18.6 Å². The highest BCUT2D eigenvalue weighted by molar-refractivity contribution is 6.01. The molecule has 4 aromatic rings. The zero-order valence-corrected chi connectivity index (χ0v) is 18.2. The fraction of sp³-hybridized carbons (Fsp3) is 0.167. The van der Waals surface area contributed by atoms with Gasteiger partial charge in [0.25, 0.3) is 0 Å². The number of hydrogen-bond donors (Lipinski definition) is 2. The number of nitrogens with zero attached hydrogens (tertiary/aromatic N) is 1. The van der Waals surface area contributed by atoms with Gasteiger partial charge in [0.15, 0.2) is 5.58 Å². The monoisotopic (exact) mass is 433 g/mol. The first-order chi connectivity index (χ1) is 15.5. The number of aromatic nitrogens is 1. The second-order valence-electron chi connectivity index (χ2n) is 7.09. The summed E-state index contributed by atoms with van der Waals surface area (Å²) in [5, 5.41) is 5.59. The lowest BCUT2D eigenvalue weighted by atomic mass is 10.2. The van der Waals surface area contributed by atoms with E-state index in [1.165, 1.54) is 7.11 Å². The predicted octanol–water partition coefficient (Wildman–Crippen LogP) is 5.47. The van der Waals surface area contributed by atoms with Gasteiger partial charge in [-0.25, -0.2) is 9.78 Å². The van der Waals surface area contributed by atoms with E-state index in [1.54, 1.807) is 44.6 Å². The molecule has 164 valence electrons. The van der Waals surface area contributed by atoms with Crippen molar-refractivity contribution in [1.29, 1.82) is 0 Å². The molecular weight excluding hydrogens is 410 g/mol. The summed E-state index contributed by atoms with van der Waals surface area (Å²) in [6, 6.07) is 15.8. The molecule has 0 aliphatic carbocycles. The van der Waals surface area contributed by atoms with Gasteiger partial charge in [-0.05, 0) is 42.8 Å². The Bertz CT molecular complexity index is 1260. The summed E-state index contributed by atoms with van der Waals surface area (Å²) >= 11 is 0. The molecule has 1 aromatic heterocycles. The van der Waals surface area contributed by atoms with Gasteiger partial charge in [0.2, 0.25) is 5.89 Å². The number of carbonyl (C=O) groups is 1. The van der Waals surface area contributed by atoms with E-state index in [9.17, 15) is 4.79 Å². The number of benzene rings is 3.